The second kappa shape index (κ2) is 10.6. The number of hydrogen-bond acceptors (Lipinski definition) is 7. The Labute approximate surface area is 182 Å². The lowest BCUT2D eigenvalue weighted by Gasteiger charge is -2.36. The van der Waals surface area contributed by atoms with Crippen molar-refractivity contribution >= 4 is 17.9 Å². The number of hydrogen-bond donors (Lipinski definition) is 3. The van der Waals surface area contributed by atoms with Crippen LogP contribution in [0.2, 0.25) is 0 Å². The van der Waals surface area contributed by atoms with E-state index in [1.165, 1.54) is 36.8 Å². The Morgan fingerprint density at radius 3 is 2.34 bits per heavy atom. The number of nitrogens with one attached hydrogen (secondary N) is 2. The van der Waals surface area contributed by atoms with Gasteiger partial charge < -0.3 is 20.5 Å². The molecule has 0 saturated heterocycles. The lowest BCUT2D eigenvalue weighted by molar-refractivity contribution is 0.146. The predicted molar refractivity (Wildman–Crippen MR) is 109 cm³/mol. The molecule has 3 rings (SSSR count). The number of halogens is 2. The number of nitrogens with zero attached hydrogens (tertiary/aromatic N) is 5. The maximum absolute atomic E-state index is 12.7. The number of urea groups is 1. The van der Waals surface area contributed by atoms with Gasteiger partial charge >= 0.3 is 18.1 Å². The molecule has 32 heavy (non-hydrogen) atoms. The highest BCUT2D eigenvalue weighted by Crippen LogP contribution is 2.27. The van der Waals surface area contributed by atoms with E-state index in [0.29, 0.717) is 36.9 Å². The van der Waals surface area contributed by atoms with Crippen molar-refractivity contribution in [3.05, 3.63) is 24.8 Å². The Morgan fingerprint density at radius 2 is 1.81 bits per heavy atom. The van der Waals surface area contributed by atoms with Gasteiger partial charge in [0.25, 0.3) is 6.43 Å². The molecular weight excluding hydrogens is 428 g/mol. The zero-order valence-corrected chi connectivity index (χ0v) is 17.2. The molecule has 2 heterocycles. The molecule has 2 aromatic heterocycles. The van der Waals surface area contributed by atoms with E-state index < -0.39 is 25.1 Å². The minimum absolute atomic E-state index is 0.199. The summed E-state index contributed by atoms with van der Waals surface area (Å²) in [5, 5.41) is 13.5. The number of aromatic nitrogens is 4. The standard InChI is InChI=1S/C19H23F2N7O4/c1-32-17-24-6-11(7-25-17)14-8-23-16(10-22-14)28(18(29)26-9-15(20)21)13-4-2-12(3-5-13)27-19(30)31/h6-8,10,12-13,15,27H,2-5,9H2,1H3,(H,26,29)(H,30,31)/t12-,13-. The third kappa shape index (κ3) is 5.95. The molecule has 1 aliphatic rings. The summed E-state index contributed by atoms with van der Waals surface area (Å²) in [6.45, 7) is -0.792. The molecule has 13 heteroatoms. The topological polar surface area (TPSA) is 142 Å². The molecule has 3 N–H and O–H groups in total. The summed E-state index contributed by atoms with van der Waals surface area (Å²) < 4.78 is 30.2. The summed E-state index contributed by atoms with van der Waals surface area (Å²) in [6.07, 6.45) is 4.00. The Bertz CT molecular complexity index is 907. The van der Waals surface area contributed by atoms with Gasteiger partial charge in [-0.1, -0.05) is 0 Å². The number of rotatable bonds is 7. The predicted octanol–water partition coefficient (Wildman–Crippen LogP) is 2.30. The number of amides is 3. The van der Waals surface area contributed by atoms with Crippen LogP contribution in [0.3, 0.4) is 0 Å². The number of carboxylic acid groups (broad SMARTS) is 1. The van der Waals surface area contributed by atoms with Crippen LogP contribution < -0.4 is 20.3 Å². The molecule has 0 atom stereocenters. The SMILES string of the molecule is COc1ncc(-c2cnc(N(C(=O)NCC(F)F)[C@H]3CC[C@H](NC(=O)O)CC3)cn2)cn1. The number of carbonyl (C=O) groups is 2. The second-order valence-corrected chi connectivity index (χ2v) is 7.12. The number of carbonyl (C=O) groups excluding carboxylic acids is 1. The van der Waals surface area contributed by atoms with Gasteiger partial charge in [0.05, 0.1) is 31.7 Å². The number of alkyl halides is 2. The molecule has 11 nitrogen and oxygen atoms in total. The van der Waals surface area contributed by atoms with Gasteiger partial charge in [-0.3, -0.25) is 9.88 Å². The van der Waals surface area contributed by atoms with E-state index in [0.717, 1.165) is 0 Å². The number of anilines is 1. The summed E-state index contributed by atoms with van der Waals surface area (Å²) in [7, 11) is 1.45. The van der Waals surface area contributed by atoms with Crippen molar-refractivity contribution in [3.8, 4) is 17.3 Å². The van der Waals surface area contributed by atoms with E-state index in [1.54, 1.807) is 0 Å². The van der Waals surface area contributed by atoms with Gasteiger partial charge in [0.2, 0.25) is 0 Å². The zero-order valence-electron chi connectivity index (χ0n) is 17.2. The van der Waals surface area contributed by atoms with E-state index in [4.69, 9.17) is 9.84 Å². The number of methoxy groups -OCH3 is 1. The third-order valence-corrected chi connectivity index (χ3v) is 5.01. The van der Waals surface area contributed by atoms with Crippen molar-refractivity contribution in [3.63, 3.8) is 0 Å². The first-order chi connectivity index (χ1) is 15.4. The minimum Gasteiger partial charge on any atom is -0.467 e. The average Bonchev–Trinajstić information content (AvgIpc) is 2.79. The van der Waals surface area contributed by atoms with Crippen molar-refractivity contribution in [1.82, 2.24) is 30.6 Å². The molecule has 2 aromatic rings. The fourth-order valence-electron chi connectivity index (χ4n) is 3.51. The van der Waals surface area contributed by atoms with Crippen LogP contribution in [0.5, 0.6) is 6.01 Å². The fraction of sp³-hybridized carbons (Fsp3) is 0.474. The Hall–Kier alpha value is -3.64. The molecular formula is C19H23F2N7O4. The largest absolute Gasteiger partial charge is 0.467 e. The van der Waals surface area contributed by atoms with E-state index in [9.17, 15) is 18.4 Å². The molecule has 0 aromatic carbocycles. The summed E-state index contributed by atoms with van der Waals surface area (Å²) in [6, 6.07) is -1.08. The van der Waals surface area contributed by atoms with Crippen LogP contribution in [0.15, 0.2) is 24.8 Å². The average molecular weight is 451 g/mol. The molecule has 1 aliphatic carbocycles. The third-order valence-electron chi connectivity index (χ3n) is 5.01. The highest BCUT2D eigenvalue weighted by atomic mass is 19.3. The van der Waals surface area contributed by atoms with Crippen LogP contribution in [-0.4, -0.2) is 69.3 Å². The van der Waals surface area contributed by atoms with Gasteiger partial charge in [0.1, 0.15) is 0 Å². The lowest BCUT2D eigenvalue weighted by atomic mass is 9.90. The van der Waals surface area contributed by atoms with Gasteiger partial charge in [0, 0.05) is 30.0 Å². The van der Waals surface area contributed by atoms with Crippen LogP contribution in [-0.2, 0) is 0 Å². The summed E-state index contributed by atoms with van der Waals surface area (Å²) in [4.78, 5) is 41.5. The summed E-state index contributed by atoms with van der Waals surface area (Å²) in [5.41, 5.74) is 1.04. The van der Waals surface area contributed by atoms with Crippen LogP contribution in [0.25, 0.3) is 11.3 Å². The highest BCUT2D eigenvalue weighted by Gasteiger charge is 2.31. The fourth-order valence-corrected chi connectivity index (χ4v) is 3.51. The summed E-state index contributed by atoms with van der Waals surface area (Å²) >= 11 is 0. The van der Waals surface area contributed by atoms with Crippen molar-refractivity contribution < 1.29 is 28.2 Å². The van der Waals surface area contributed by atoms with Gasteiger partial charge in [-0.25, -0.2) is 33.3 Å². The monoisotopic (exact) mass is 451 g/mol. The van der Waals surface area contributed by atoms with Gasteiger partial charge in [-0.05, 0) is 25.7 Å². The molecule has 1 saturated carbocycles. The Kier molecular flexibility index (Phi) is 7.63. The molecule has 1 fully saturated rings. The normalized spacial score (nSPS) is 18.1. The second-order valence-electron chi connectivity index (χ2n) is 7.12. The van der Waals surface area contributed by atoms with Gasteiger partial charge in [0.15, 0.2) is 5.82 Å². The van der Waals surface area contributed by atoms with Crippen molar-refractivity contribution in [2.45, 2.75) is 44.2 Å². The van der Waals surface area contributed by atoms with Crippen molar-refractivity contribution in [1.29, 1.82) is 0 Å². The van der Waals surface area contributed by atoms with E-state index >= 15 is 0 Å². The first kappa shape index (κ1) is 23.0. The molecule has 172 valence electrons. The van der Waals surface area contributed by atoms with Gasteiger partial charge in [-0.2, -0.15) is 0 Å². The van der Waals surface area contributed by atoms with Crippen LogP contribution >= 0.6 is 0 Å². The number of ether oxygens (including phenoxy) is 1. The Morgan fingerprint density at radius 1 is 1.12 bits per heavy atom. The van der Waals surface area contributed by atoms with Crippen LogP contribution in [0.4, 0.5) is 24.2 Å². The molecule has 0 bridgehead atoms. The highest BCUT2D eigenvalue weighted by molar-refractivity contribution is 5.91. The smallest absolute Gasteiger partial charge is 0.404 e. The Balaban J connectivity index is 1.78. The minimum atomic E-state index is -2.69. The van der Waals surface area contributed by atoms with Gasteiger partial charge in [-0.15, -0.1) is 0 Å². The quantitative estimate of drug-likeness (QED) is 0.582. The molecule has 0 spiro atoms. The van der Waals surface area contributed by atoms with Crippen molar-refractivity contribution in [2.75, 3.05) is 18.6 Å². The molecule has 0 unspecified atom stereocenters. The maximum atomic E-state index is 12.7. The van der Waals surface area contributed by atoms with Crippen LogP contribution in [0, 0.1) is 0 Å². The van der Waals surface area contributed by atoms with Crippen LogP contribution in [0.1, 0.15) is 25.7 Å². The lowest BCUT2D eigenvalue weighted by Crippen LogP contribution is -2.50. The molecule has 0 radical (unpaired) electrons. The zero-order chi connectivity index (χ0) is 23.1. The first-order valence-electron chi connectivity index (χ1n) is 9.90. The molecule has 0 aliphatic heterocycles. The maximum Gasteiger partial charge on any atom is 0.404 e. The molecule has 3 amide bonds. The first-order valence-corrected chi connectivity index (χ1v) is 9.90. The van der Waals surface area contributed by atoms with Crippen molar-refractivity contribution in [2.24, 2.45) is 0 Å². The van der Waals surface area contributed by atoms with E-state index in [2.05, 4.69) is 30.6 Å². The van der Waals surface area contributed by atoms with E-state index in [-0.39, 0.29) is 23.9 Å². The summed E-state index contributed by atoms with van der Waals surface area (Å²) in [5.74, 6) is 0.199. The van der Waals surface area contributed by atoms with E-state index in [1.807, 2.05) is 0 Å².